The third-order valence-corrected chi connectivity index (χ3v) is 4.75. The number of halogens is 1. The topological polar surface area (TPSA) is 45.7 Å². The lowest BCUT2D eigenvalue weighted by Gasteiger charge is -2.19. The van der Waals surface area contributed by atoms with Crippen LogP contribution in [0.15, 0.2) is 53.5 Å². The lowest BCUT2D eigenvalue weighted by atomic mass is 9.96. The molecule has 0 unspecified atom stereocenters. The Bertz CT molecular complexity index is 756. The Morgan fingerprint density at radius 3 is 2.64 bits per heavy atom. The molecule has 0 bridgehead atoms. The van der Waals surface area contributed by atoms with Gasteiger partial charge in [-0.05, 0) is 36.6 Å². The van der Waals surface area contributed by atoms with Crippen LogP contribution in [-0.4, -0.2) is 26.7 Å². The van der Waals surface area contributed by atoms with E-state index in [0.717, 1.165) is 42.2 Å². The average molecular weight is 341 g/mol. The fourth-order valence-electron chi connectivity index (χ4n) is 3.04. The number of rotatable bonds is 6. The van der Waals surface area contributed by atoms with Crippen molar-refractivity contribution in [1.29, 1.82) is 0 Å². The van der Waals surface area contributed by atoms with Crippen molar-refractivity contribution < 1.29 is 9.13 Å². The molecule has 4 nitrogen and oxygen atoms in total. The highest BCUT2D eigenvalue weighted by atomic mass is 19.1. The molecule has 1 saturated carbocycles. The third kappa shape index (κ3) is 4.10. The molecule has 25 heavy (non-hydrogen) atoms. The zero-order valence-corrected chi connectivity index (χ0v) is 14.7. The molecule has 0 radical (unpaired) electrons. The molecule has 2 aromatic carbocycles. The minimum atomic E-state index is -0.178. The molecule has 132 valence electrons. The Labute approximate surface area is 148 Å². The predicted molar refractivity (Wildman–Crippen MR) is 98.5 cm³/mol. The Morgan fingerprint density at radius 1 is 1.16 bits per heavy atom. The smallest absolute Gasteiger partial charge is 0.191 e. The van der Waals surface area contributed by atoms with Gasteiger partial charge in [0, 0.05) is 31.1 Å². The van der Waals surface area contributed by atoms with Crippen molar-refractivity contribution in [3.8, 4) is 5.75 Å². The van der Waals surface area contributed by atoms with Gasteiger partial charge in [-0.1, -0.05) is 30.3 Å². The summed E-state index contributed by atoms with van der Waals surface area (Å²) in [5.41, 5.74) is 2.14. The minimum absolute atomic E-state index is 0.0180. The van der Waals surface area contributed by atoms with Crippen LogP contribution in [-0.2, 0) is 12.0 Å². The van der Waals surface area contributed by atoms with E-state index in [-0.39, 0.29) is 11.2 Å². The van der Waals surface area contributed by atoms with Gasteiger partial charge >= 0.3 is 0 Å². The summed E-state index contributed by atoms with van der Waals surface area (Å²) in [5.74, 6) is 1.40. The molecule has 2 N–H and O–H groups in total. The number of hydrogen-bond donors (Lipinski definition) is 2. The van der Waals surface area contributed by atoms with Gasteiger partial charge in [0.15, 0.2) is 5.96 Å². The number of para-hydroxylation sites is 1. The SMILES string of the molecule is CN=C(NCc1ccccc1OC)NCC1(c2cccc(F)c2)CC1. The van der Waals surface area contributed by atoms with Crippen molar-refractivity contribution >= 4 is 5.96 Å². The lowest BCUT2D eigenvalue weighted by molar-refractivity contribution is 0.409. The fourth-order valence-corrected chi connectivity index (χ4v) is 3.04. The summed E-state index contributed by atoms with van der Waals surface area (Å²) in [6.07, 6.45) is 2.12. The number of aliphatic imine (C=N–C) groups is 1. The standard InChI is InChI=1S/C20H24FN3O/c1-22-19(23-13-15-6-3-4-9-18(15)25-2)24-14-20(10-11-20)16-7-5-8-17(21)12-16/h3-9,12H,10-11,13-14H2,1-2H3,(H2,22,23,24). The third-order valence-electron chi connectivity index (χ3n) is 4.75. The second kappa shape index (κ2) is 7.55. The molecule has 0 aromatic heterocycles. The first-order chi connectivity index (χ1) is 12.2. The van der Waals surface area contributed by atoms with Gasteiger partial charge in [0.1, 0.15) is 11.6 Å². The Balaban J connectivity index is 1.58. The van der Waals surface area contributed by atoms with Crippen LogP contribution in [0.4, 0.5) is 4.39 Å². The maximum absolute atomic E-state index is 13.5. The van der Waals surface area contributed by atoms with E-state index in [1.54, 1.807) is 26.3 Å². The zero-order valence-electron chi connectivity index (χ0n) is 14.7. The molecule has 3 rings (SSSR count). The van der Waals surface area contributed by atoms with E-state index < -0.39 is 0 Å². The number of nitrogens with one attached hydrogen (secondary N) is 2. The molecule has 0 spiro atoms. The maximum Gasteiger partial charge on any atom is 0.191 e. The van der Waals surface area contributed by atoms with E-state index in [1.165, 1.54) is 6.07 Å². The highest BCUT2D eigenvalue weighted by Crippen LogP contribution is 2.47. The van der Waals surface area contributed by atoms with E-state index in [2.05, 4.69) is 15.6 Å². The number of ether oxygens (including phenoxy) is 1. The van der Waals surface area contributed by atoms with E-state index in [9.17, 15) is 4.39 Å². The van der Waals surface area contributed by atoms with Gasteiger partial charge in [0.05, 0.1) is 7.11 Å². The van der Waals surface area contributed by atoms with Crippen LogP contribution in [0.1, 0.15) is 24.0 Å². The van der Waals surface area contributed by atoms with Crippen molar-refractivity contribution in [2.45, 2.75) is 24.8 Å². The Hall–Kier alpha value is -2.56. The summed E-state index contributed by atoms with van der Waals surface area (Å²) in [6, 6.07) is 14.8. The lowest BCUT2D eigenvalue weighted by Crippen LogP contribution is -2.41. The molecule has 1 fully saturated rings. The summed E-state index contributed by atoms with van der Waals surface area (Å²) in [7, 11) is 3.42. The van der Waals surface area contributed by atoms with E-state index in [4.69, 9.17) is 4.74 Å². The van der Waals surface area contributed by atoms with Gasteiger partial charge in [-0.3, -0.25) is 4.99 Å². The fraction of sp³-hybridized carbons (Fsp3) is 0.350. The van der Waals surface area contributed by atoms with Crippen molar-refractivity contribution in [2.24, 2.45) is 4.99 Å². The minimum Gasteiger partial charge on any atom is -0.496 e. The Kier molecular flexibility index (Phi) is 5.22. The van der Waals surface area contributed by atoms with Gasteiger partial charge in [0.25, 0.3) is 0 Å². The number of nitrogens with zero attached hydrogens (tertiary/aromatic N) is 1. The molecule has 1 aliphatic carbocycles. The molecule has 0 aliphatic heterocycles. The highest BCUT2D eigenvalue weighted by molar-refractivity contribution is 5.79. The molecule has 0 saturated heterocycles. The second-order valence-corrected chi connectivity index (χ2v) is 6.38. The largest absolute Gasteiger partial charge is 0.496 e. The molecule has 0 atom stereocenters. The zero-order chi connectivity index (χ0) is 17.7. The van der Waals surface area contributed by atoms with Crippen molar-refractivity contribution in [1.82, 2.24) is 10.6 Å². The first-order valence-electron chi connectivity index (χ1n) is 8.49. The average Bonchev–Trinajstić information content (AvgIpc) is 3.43. The van der Waals surface area contributed by atoms with Gasteiger partial charge in [0.2, 0.25) is 0 Å². The molecular weight excluding hydrogens is 317 g/mol. The molecule has 2 aromatic rings. The number of hydrogen-bond acceptors (Lipinski definition) is 2. The van der Waals surface area contributed by atoms with Crippen LogP contribution in [0.2, 0.25) is 0 Å². The first kappa shape index (κ1) is 17.3. The van der Waals surface area contributed by atoms with Crippen molar-refractivity contribution in [3.05, 3.63) is 65.5 Å². The quantitative estimate of drug-likeness (QED) is 0.626. The van der Waals surface area contributed by atoms with Crippen LogP contribution in [0.3, 0.4) is 0 Å². The van der Waals surface area contributed by atoms with Gasteiger partial charge in [-0.2, -0.15) is 0 Å². The number of benzene rings is 2. The summed E-state index contributed by atoms with van der Waals surface area (Å²) in [4.78, 5) is 4.28. The maximum atomic E-state index is 13.5. The van der Waals surface area contributed by atoms with Crippen LogP contribution in [0, 0.1) is 5.82 Å². The van der Waals surface area contributed by atoms with E-state index in [1.807, 2.05) is 30.3 Å². The van der Waals surface area contributed by atoms with E-state index in [0.29, 0.717) is 6.54 Å². The van der Waals surface area contributed by atoms with Gasteiger partial charge in [-0.25, -0.2) is 4.39 Å². The number of guanidine groups is 1. The molecule has 5 heteroatoms. The van der Waals surface area contributed by atoms with Crippen LogP contribution in [0.25, 0.3) is 0 Å². The molecular formula is C20H24FN3O. The van der Waals surface area contributed by atoms with Crippen LogP contribution in [0.5, 0.6) is 5.75 Å². The first-order valence-corrected chi connectivity index (χ1v) is 8.49. The molecule has 0 heterocycles. The van der Waals surface area contributed by atoms with Crippen molar-refractivity contribution in [2.75, 3.05) is 20.7 Å². The molecule has 1 aliphatic rings. The predicted octanol–water partition coefficient (Wildman–Crippen LogP) is 3.23. The summed E-state index contributed by atoms with van der Waals surface area (Å²) < 4.78 is 18.9. The van der Waals surface area contributed by atoms with Crippen LogP contribution < -0.4 is 15.4 Å². The monoisotopic (exact) mass is 341 g/mol. The normalized spacial score (nSPS) is 15.6. The summed E-state index contributed by atoms with van der Waals surface area (Å²) in [5, 5.41) is 6.68. The second-order valence-electron chi connectivity index (χ2n) is 6.38. The summed E-state index contributed by atoms with van der Waals surface area (Å²) >= 11 is 0. The van der Waals surface area contributed by atoms with Gasteiger partial charge < -0.3 is 15.4 Å². The van der Waals surface area contributed by atoms with E-state index >= 15 is 0 Å². The van der Waals surface area contributed by atoms with Crippen LogP contribution >= 0.6 is 0 Å². The summed E-state index contributed by atoms with van der Waals surface area (Å²) in [6.45, 7) is 1.36. The van der Waals surface area contributed by atoms with Crippen molar-refractivity contribution in [3.63, 3.8) is 0 Å². The molecule has 0 amide bonds. The van der Waals surface area contributed by atoms with Gasteiger partial charge in [-0.15, -0.1) is 0 Å². The number of methoxy groups -OCH3 is 1. The Morgan fingerprint density at radius 2 is 1.96 bits per heavy atom. The highest BCUT2D eigenvalue weighted by Gasteiger charge is 2.44.